The summed E-state index contributed by atoms with van der Waals surface area (Å²) in [5, 5.41) is 7.85. The van der Waals surface area contributed by atoms with Crippen LogP contribution in [0.1, 0.15) is 23.1 Å². The van der Waals surface area contributed by atoms with E-state index in [4.69, 9.17) is 5.73 Å². The number of nitrogens with zero attached hydrogens (tertiary/aromatic N) is 4. The molecule has 7 nitrogen and oxygen atoms in total. The summed E-state index contributed by atoms with van der Waals surface area (Å²) in [7, 11) is 0. The molecule has 0 saturated carbocycles. The molecule has 92 valence electrons. The maximum Gasteiger partial charge on any atom is 0.468 e. The second-order valence-electron chi connectivity index (χ2n) is 3.83. The van der Waals surface area contributed by atoms with Gasteiger partial charge in [0, 0.05) is 11.6 Å². The van der Waals surface area contributed by atoms with Gasteiger partial charge in [-0.15, -0.1) is 0 Å². The van der Waals surface area contributed by atoms with Crippen LogP contribution in [0.5, 0.6) is 0 Å². The summed E-state index contributed by atoms with van der Waals surface area (Å²) in [6, 6.07) is 4.30. The lowest BCUT2D eigenvalue weighted by Crippen LogP contribution is -2.45. The molecule has 0 radical (unpaired) electrons. The monoisotopic (exact) mass is 246 g/mol. The SMILES string of the molecule is CC(=O)c1cccc(C[N+]2(C(N)=O)N=CC=N2)n1. The summed E-state index contributed by atoms with van der Waals surface area (Å²) >= 11 is 0. The molecule has 2 heterocycles. The number of ketones is 1. The fraction of sp³-hybridized carbons (Fsp3) is 0.182. The first-order chi connectivity index (χ1) is 8.53. The number of carbonyl (C=O) groups excluding carboxylic acids is 2. The van der Waals surface area contributed by atoms with E-state index in [0.717, 1.165) is 0 Å². The van der Waals surface area contributed by atoms with E-state index in [1.165, 1.54) is 19.4 Å². The number of pyridine rings is 1. The van der Waals surface area contributed by atoms with E-state index in [1.807, 2.05) is 0 Å². The molecule has 0 unspecified atom stereocenters. The highest BCUT2D eigenvalue weighted by atomic mass is 16.2. The van der Waals surface area contributed by atoms with Crippen molar-refractivity contribution in [1.82, 2.24) is 4.98 Å². The van der Waals surface area contributed by atoms with Crippen molar-refractivity contribution < 1.29 is 14.3 Å². The number of urea groups is 1. The zero-order valence-electron chi connectivity index (χ0n) is 9.78. The van der Waals surface area contributed by atoms with Crippen molar-refractivity contribution in [1.29, 1.82) is 0 Å². The summed E-state index contributed by atoms with van der Waals surface area (Å²) in [6.45, 7) is 1.51. The largest absolute Gasteiger partial charge is 0.468 e. The van der Waals surface area contributed by atoms with Crippen molar-refractivity contribution >= 4 is 24.2 Å². The van der Waals surface area contributed by atoms with E-state index in [9.17, 15) is 9.59 Å². The second kappa shape index (κ2) is 4.46. The Bertz CT molecular complexity index is 552. The van der Waals surface area contributed by atoms with Gasteiger partial charge in [0.25, 0.3) is 0 Å². The molecular weight excluding hydrogens is 234 g/mol. The van der Waals surface area contributed by atoms with Crippen molar-refractivity contribution in [2.45, 2.75) is 13.5 Å². The highest BCUT2D eigenvalue weighted by Gasteiger charge is 2.38. The lowest BCUT2D eigenvalue weighted by molar-refractivity contribution is -0.873. The van der Waals surface area contributed by atoms with Crippen LogP contribution in [0.15, 0.2) is 28.4 Å². The van der Waals surface area contributed by atoms with E-state index < -0.39 is 10.7 Å². The first kappa shape index (κ1) is 12.1. The van der Waals surface area contributed by atoms with Crippen LogP contribution in [0.3, 0.4) is 0 Å². The number of aromatic nitrogens is 1. The maximum atomic E-state index is 11.4. The lowest BCUT2D eigenvalue weighted by atomic mass is 10.2. The van der Waals surface area contributed by atoms with Gasteiger partial charge in [0.2, 0.25) is 0 Å². The third kappa shape index (κ3) is 2.16. The van der Waals surface area contributed by atoms with Gasteiger partial charge >= 0.3 is 6.03 Å². The van der Waals surface area contributed by atoms with Gasteiger partial charge in [-0.05, 0) is 22.3 Å². The molecule has 0 bridgehead atoms. The van der Waals surface area contributed by atoms with Crippen LogP contribution in [0.4, 0.5) is 4.79 Å². The lowest BCUT2D eigenvalue weighted by Gasteiger charge is -2.17. The Hall–Kier alpha value is -2.41. The molecule has 2 N–H and O–H groups in total. The van der Waals surface area contributed by atoms with Gasteiger partial charge in [0.05, 0.1) is 0 Å². The predicted molar refractivity (Wildman–Crippen MR) is 64.8 cm³/mol. The molecule has 0 saturated heterocycles. The molecule has 0 spiro atoms. The number of primary amides is 1. The van der Waals surface area contributed by atoms with E-state index in [0.29, 0.717) is 11.4 Å². The Kier molecular flexibility index (Phi) is 2.99. The quantitative estimate of drug-likeness (QED) is 0.626. The van der Waals surface area contributed by atoms with Gasteiger partial charge in [-0.1, -0.05) is 6.07 Å². The van der Waals surface area contributed by atoms with Gasteiger partial charge in [-0.2, -0.15) is 0 Å². The summed E-state index contributed by atoms with van der Waals surface area (Å²) in [4.78, 5) is 26.8. The zero-order valence-corrected chi connectivity index (χ0v) is 9.78. The first-order valence-electron chi connectivity index (χ1n) is 5.28. The number of amides is 2. The maximum absolute atomic E-state index is 11.4. The number of carbonyl (C=O) groups is 2. The van der Waals surface area contributed by atoms with Crippen molar-refractivity contribution in [3.8, 4) is 0 Å². The Morgan fingerprint density at radius 3 is 2.50 bits per heavy atom. The van der Waals surface area contributed by atoms with E-state index in [-0.39, 0.29) is 12.3 Å². The van der Waals surface area contributed by atoms with Crippen molar-refractivity contribution in [3.63, 3.8) is 0 Å². The van der Waals surface area contributed by atoms with Crippen LogP contribution in [0.25, 0.3) is 0 Å². The second-order valence-corrected chi connectivity index (χ2v) is 3.83. The molecule has 1 aliphatic rings. The zero-order chi connectivity index (χ0) is 13.2. The Balaban J connectivity index is 2.31. The number of quaternary nitrogens is 1. The van der Waals surface area contributed by atoms with Gasteiger partial charge in [-0.25, -0.2) is 9.78 Å². The Labute approximate surface area is 103 Å². The fourth-order valence-corrected chi connectivity index (χ4v) is 1.57. The molecule has 2 rings (SSSR count). The smallest absolute Gasteiger partial charge is 0.315 e. The van der Waals surface area contributed by atoms with Crippen LogP contribution >= 0.6 is 0 Å². The average molecular weight is 246 g/mol. The van der Waals surface area contributed by atoms with Crippen LogP contribution < -0.4 is 5.73 Å². The summed E-state index contributed by atoms with van der Waals surface area (Å²) in [5.41, 5.74) is 6.15. The van der Waals surface area contributed by atoms with E-state index in [1.54, 1.807) is 18.2 Å². The van der Waals surface area contributed by atoms with Crippen molar-refractivity contribution in [3.05, 3.63) is 29.6 Å². The first-order valence-corrected chi connectivity index (χ1v) is 5.28. The molecule has 0 aliphatic carbocycles. The molecule has 18 heavy (non-hydrogen) atoms. The third-order valence-electron chi connectivity index (χ3n) is 2.48. The van der Waals surface area contributed by atoms with Gasteiger partial charge in [0.15, 0.2) is 12.3 Å². The van der Waals surface area contributed by atoms with Gasteiger partial charge < -0.3 is 5.73 Å². The minimum absolute atomic E-state index is 0.0868. The minimum atomic E-state index is -0.699. The molecule has 1 aliphatic heterocycles. The summed E-state index contributed by atoms with van der Waals surface area (Å²) in [6.07, 6.45) is 2.80. The van der Waals surface area contributed by atoms with E-state index >= 15 is 0 Å². The number of hydrogen-bond acceptors (Lipinski definition) is 5. The summed E-state index contributed by atoms with van der Waals surface area (Å²) in [5.74, 6) is -0.143. The molecule has 0 fully saturated rings. The van der Waals surface area contributed by atoms with E-state index in [2.05, 4.69) is 15.2 Å². The number of nitrogens with two attached hydrogens (primary N) is 1. The molecule has 0 aromatic carbocycles. The predicted octanol–water partition coefficient (Wildman–Crippen LogP) is 0.665. The van der Waals surface area contributed by atoms with Crippen molar-refractivity contribution in [2.75, 3.05) is 0 Å². The Morgan fingerprint density at radius 2 is 1.94 bits per heavy atom. The average Bonchev–Trinajstić information content (AvgIpc) is 2.79. The summed E-state index contributed by atoms with van der Waals surface area (Å²) < 4.78 is -0.603. The molecule has 0 atom stereocenters. The third-order valence-corrected chi connectivity index (χ3v) is 2.48. The van der Waals surface area contributed by atoms with Gasteiger partial charge in [0.1, 0.15) is 23.8 Å². The van der Waals surface area contributed by atoms with Crippen LogP contribution in [0.2, 0.25) is 0 Å². The number of hydrogen-bond donors (Lipinski definition) is 1. The highest BCUT2D eigenvalue weighted by Crippen LogP contribution is 2.17. The Morgan fingerprint density at radius 1 is 1.28 bits per heavy atom. The molecule has 7 heteroatoms. The fourth-order valence-electron chi connectivity index (χ4n) is 1.57. The standard InChI is InChI=1S/C11H11N5O2/c1-8(17)10-4-2-3-9(15-10)7-16(11(12)18)13-5-6-14-16/h2-6H,7H2,1H3,(H-,12,18)/p+1. The van der Waals surface area contributed by atoms with Crippen LogP contribution in [-0.2, 0) is 6.54 Å². The van der Waals surface area contributed by atoms with Gasteiger partial charge in [-0.3, -0.25) is 4.79 Å². The normalized spacial score (nSPS) is 15.8. The molecule has 2 amide bonds. The van der Waals surface area contributed by atoms with Crippen molar-refractivity contribution in [2.24, 2.45) is 15.9 Å². The molecular formula is C11H12N5O2+. The number of Topliss-reactive ketones (excluding diaryl/α,β-unsaturated/α-hetero) is 1. The highest BCUT2D eigenvalue weighted by molar-refractivity contribution is 6.16. The van der Waals surface area contributed by atoms with Crippen LogP contribution in [0, 0.1) is 0 Å². The number of rotatable bonds is 3. The molecule has 1 aromatic heterocycles. The topological polar surface area (TPSA) is 97.8 Å². The minimum Gasteiger partial charge on any atom is -0.315 e. The molecule has 1 aromatic rings. The van der Waals surface area contributed by atoms with Crippen LogP contribution in [-0.4, -0.2) is 33.9 Å².